The third-order valence-corrected chi connectivity index (χ3v) is 4.26. The molecular weight excluding hydrogens is 284 g/mol. The van der Waals surface area contributed by atoms with Gasteiger partial charge in [0.2, 0.25) is 0 Å². The molecule has 0 aliphatic heterocycles. The molecule has 0 spiro atoms. The molecule has 0 aliphatic rings. The standard InChI is InChI=1S/C20H26N2O/c1-4-6-7-8-16-9-11-17(12-10-16)19-14-18(20(21)23)15(3)22(19)13-5-2/h5,9-12,14H,2,4,6-8,13H2,1,3H3,(H2,21,23). The Morgan fingerprint density at radius 3 is 2.52 bits per heavy atom. The first kappa shape index (κ1) is 17.1. The summed E-state index contributed by atoms with van der Waals surface area (Å²) < 4.78 is 2.08. The van der Waals surface area contributed by atoms with E-state index in [2.05, 4.69) is 42.3 Å². The summed E-state index contributed by atoms with van der Waals surface area (Å²) in [6.45, 7) is 8.60. The van der Waals surface area contributed by atoms with Crippen molar-refractivity contribution in [1.29, 1.82) is 0 Å². The lowest BCUT2D eigenvalue weighted by Gasteiger charge is -2.10. The summed E-state index contributed by atoms with van der Waals surface area (Å²) in [5, 5.41) is 0. The van der Waals surface area contributed by atoms with Gasteiger partial charge in [0.05, 0.1) is 5.56 Å². The van der Waals surface area contributed by atoms with E-state index in [0.717, 1.165) is 23.4 Å². The van der Waals surface area contributed by atoms with Gasteiger partial charge >= 0.3 is 0 Å². The van der Waals surface area contributed by atoms with Gasteiger partial charge in [-0.05, 0) is 37.0 Å². The summed E-state index contributed by atoms with van der Waals surface area (Å²) in [6, 6.07) is 10.5. The van der Waals surface area contributed by atoms with Crippen molar-refractivity contribution in [3.05, 3.63) is 59.8 Å². The highest BCUT2D eigenvalue weighted by Gasteiger charge is 2.15. The van der Waals surface area contributed by atoms with E-state index in [0.29, 0.717) is 12.1 Å². The van der Waals surface area contributed by atoms with E-state index in [-0.39, 0.29) is 5.91 Å². The molecule has 3 heteroatoms. The minimum absolute atomic E-state index is 0.386. The summed E-state index contributed by atoms with van der Waals surface area (Å²) in [4.78, 5) is 11.6. The van der Waals surface area contributed by atoms with Crippen LogP contribution in [-0.4, -0.2) is 10.5 Å². The Balaban J connectivity index is 2.31. The van der Waals surface area contributed by atoms with E-state index >= 15 is 0 Å². The SMILES string of the molecule is C=CCn1c(-c2ccc(CCCCC)cc2)cc(C(N)=O)c1C. The van der Waals surface area contributed by atoms with Gasteiger partial charge in [-0.25, -0.2) is 0 Å². The Kier molecular flexibility index (Phi) is 5.80. The number of unbranched alkanes of at least 4 members (excludes halogenated alkanes) is 2. The second-order valence-corrected chi connectivity index (χ2v) is 5.95. The monoisotopic (exact) mass is 310 g/mol. The number of rotatable bonds is 8. The summed E-state index contributed by atoms with van der Waals surface area (Å²) in [6.07, 6.45) is 6.69. The van der Waals surface area contributed by atoms with Crippen LogP contribution in [0.25, 0.3) is 11.3 Å². The minimum atomic E-state index is -0.386. The van der Waals surface area contributed by atoms with Gasteiger partial charge in [0.25, 0.3) is 5.91 Å². The molecule has 1 amide bonds. The largest absolute Gasteiger partial charge is 0.366 e. The number of amides is 1. The molecule has 0 radical (unpaired) electrons. The molecule has 0 unspecified atom stereocenters. The Morgan fingerprint density at radius 1 is 1.26 bits per heavy atom. The van der Waals surface area contributed by atoms with Crippen molar-refractivity contribution in [1.82, 2.24) is 4.57 Å². The quantitative estimate of drug-likeness (QED) is 0.567. The Morgan fingerprint density at radius 2 is 1.96 bits per heavy atom. The number of aryl methyl sites for hydroxylation is 1. The minimum Gasteiger partial charge on any atom is -0.366 e. The van der Waals surface area contributed by atoms with Gasteiger partial charge in [-0.3, -0.25) is 4.79 Å². The van der Waals surface area contributed by atoms with Gasteiger partial charge in [0.15, 0.2) is 0 Å². The zero-order valence-corrected chi connectivity index (χ0v) is 14.1. The summed E-state index contributed by atoms with van der Waals surface area (Å²) in [7, 11) is 0. The first-order chi connectivity index (χ1) is 11.1. The molecule has 1 aromatic carbocycles. The van der Waals surface area contributed by atoms with Crippen molar-refractivity contribution >= 4 is 5.91 Å². The molecule has 1 heterocycles. The molecule has 2 aromatic rings. The lowest BCUT2D eigenvalue weighted by molar-refractivity contribution is 0.0999. The van der Waals surface area contributed by atoms with Gasteiger partial charge in [-0.15, -0.1) is 6.58 Å². The van der Waals surface area contributed by atoms with Crippen molar-refractivity contribution in [2.75, 3.05) is 0 Å². The molecule has 0 bridgehead atoms. The fourth-order valence-corrected chi connectivity index (χ4v) is 2.92. The molecule has 1 aromatic heterocycles. The Bertz CT molecular complexity index is 680. The average Bonchev–Trinajstić information content (AvgIpc) is 2.86. The molecule has 0 saturated carbocycles. The van der Waals surface area contributed by atoms with Crippen molar-refractivity contribution in [3.63, 3.8) is 0 Å². The third-order valence-electron chi connectivity index (χ3n) is 4.26. The molecule has 2 rings (SSSR count). The highest BCUT2D eigenvalue weighted by molar-refractivity contribution is 5.95. The Hall–Kier alpha value is -2.29. The molecule has 2 N–H and O–H groups in total. The number of aromatic nitrogens is 1. The predicted molar refractivity (Wildman–Crippen MR) is 96.5 cm³/mol. The van der Waals surface area contributed by atoms with Crippen molar-refractivity contribution < 1.29 is 4.79 Å². The van der Waals surface area contributed by atoms with Crippen molar-refractivity contribution in [2.45, 2.75) is 46.1 Å². The average molecular weight is 310 g/mol. The van der Waals surface area contributed by atoms with Crippen molar-refractivity contribution in [3.8, 4) is 11.3 Å². The zero-order chi connectivity index (χ0) is 16.8. The highest BCUT2D eigenvalue weighted by atomic mass is 16.1. The number of primary amides is 1. The zero-order valence-electron chi connectivity index (χ0n) is 14.1. The van der Waals surface area contributed by atoms with Crippen LogP contribution in [0.2, 0.25) is 0 Å². The number of carbonyl (C=O) groups excluding carboxylic acids is 1. The van der Waals surface area contributed by atoms with Crippen LogP contribution in [0.4, 0.5) is 0 Å². The summed E-state index contributed by atoms with van der Waals surface area (Å²) >= 11 is 0. The van der Waals surface area contributed by atoms with E-state index in [4.69, 9.17) is 5.73 Å². The molecule has 0 atom stereocenters. The van der Waals surface area contributed by atoms with Crippen LogP contribution in [0.15, 0.2) is 43.0 Å². The molecule has 23 heavy (non-hydrogen) atoms. The Labute approximate surface area is 138 Å². The van der Waals surface area contributed by atoms with Crippen LogP contribution < -0.4 is 5.73 Å². The van der Waals surface area contributed by atoms with E-state index in [9.17, 15) is 4.79 Å². The van der Waals surface area contributed by atoms with Crippen LogP contribution >= 0.6 is 0 Å². The molecule has 0 saturated heterocycles. The lowest BCUT2D eigenvalue weighted by atomic mass is 10.0. The first-order valence-corrected chi connectivity index (χ1v) is 8.28. The maximum atomic E-state index is 11.6. The lowest BCUT2D eigenvalue weighted by Crippen LogP contribution is -2.12. The van der Waals surface area contributed by atoms with Crippen LogP contribution in [0.5, 0.6) is 0 Å². The fourth-order valence-electron chi connectivity index (χ4n) is 2.92. The second kappa shape index (κ2) is 7.82. The normalized spacial score (nSPS) is 10.7. The fraction of sp³-hybridized carbons (Fsp3) is 0.350. The van der Waals surface area contributed by atoms with Crippen LogP contribution in [0.1, 0.15) is 47.8 Å². The van der Waals surface area contributed by atoms with E-state index in [1.165, 1.54) is 24.8 Å². The molecular formula is C20H26N2O. The first-order valence-electron chi connectivity index (χ1n) is 8.28. The van der Waals surface area contributed by atoms with Gasteiger partial charge in [0, 0.05) is 17.9 Å². The summed E-state index contributed by atoms with van der Waals surface area (Å²) in [5.74, 6) is -0.386. The maximum absolute atomic E-state index is 11.6. The number of nitrogens with two attached hydrogens (primary N) is 1. The van der Waals surface area contributed by atoms with Crippen LogP contribution in [0.3, 0.4) is 0 Å². The third kappa shape index (κ3) is 3.92. The number of carbonyl (C=O) groups is 1. The number of benzene rings is 1. The molecule has 0 aliphatic carbocycles. The topological polar surface area (TPSA) is 48.0 Å². The second-order valence-electron chi connectivity index (χ2n) is 5.95. The summed E-state index contributed by atoms with van der Waals surface area (Å²) in [5.41, 5.74) is 10.4. The number of nitrogens with zero attached hydrogens (tertiary/aromatic N) is 1. The van der Waals surface area contributed by atoms with Crippen LogP contribution in [0, 0.1) is 6.92 Å². The molecule has 0 fully saturated rings. The molecule has 122 valence electrons. The van der Waals surface area contributed by atoms with E-state index in [1.54, 1.807) is 0 Å². The molecule has 3 nitrogen and oxygen atoms in total. The maximum Gasteiger partial charge on any atom is 0.250 e. The number of hydrogen-bond acceptors (Lipinski definition) is 1. The van der Waals surface area contributed by atoms with Gasteiger partial charge in [-0.1, -0.05) is 50.1 Å². The number of hydrogen-bond donors (Lipinski definition) is 1. The smallest absolute Gasteiger partial charge is 0.250 e. The van der Waals surface area contributed by atoms with E-state index in [1.807, 2.05) is 19.1 Å². The van der Waals surface area contributed by atoms with Crippen molar-refractivity contribution in [2.24, 2.45) is 5.73 Å². The van der Waals surface area contributed by atoms with Gasteiger partial charge in [0.1, 0.15) is 0 Å². The highest BCUT2D eigenvalue weighted by Crippen LogP contribution is 2.26. The number of allylic oxidation sites excluding steroid dienone is 1. The predicted octanol–water partition coefficient (Wildman–Crippen LogP) is 4.48. The van der Waals surface area contributed by atoms with Gasteiger partial charge in [-0.2, -0.15) is 0 Å². The van der Waals surface area contributed by atoms with Crippen LogP contribution in [-0.2, 0) is 13.0 Å². The van der Waals surface area contributed by atoms with E-state index < -0.39 is 0 Å². The van der Waals surface area contributed by atoms with Gasteiger partial charge < -0.3 is 10.3 Å².